The first-order valence-corrected chi connectivity index (χ1v) is 8.85. The normalized spacial score (nSPS) is 20.8. The van der Waals surface area contributed by atoms with Crippen LogP contribution < -0.4 is 0 Å². The Balaban J connectivity index is 1.87. The monoisotopic (exact) mass is 278 g/mol. The van der Waals surface area contributed by atoms with Crippen molar-refractivity contribution in [3.8, 4) is 11.8 Å². The summed E-state index contributed by atoms with van der Waals surface area (Å²) < 4.78 is 5.68. The van der Waals surface area contributed by atoms with Gasteiger partial charge in [0.05, 0.1) is 12.2 Å². The van der Waals surface area contributed by atoms with Gasteiger partial charge in [0.15, 0.2) is 0 Å². The van der Waals surface area contributed by atoms with Crippen LogP contribution in [-0.4, -0.2) is 12.2 Å². The Hall–Kier alpha value is -0.480. The zero-order valence-electron chi connectivity index (χ0n) is 13.9. The third kappa shape index (κ3) is 9.43. The van der Waals surface area contributed by atoms with Gasteiger partial charge >= 0.3 is 0 Å². The van der Waals surface area contributed by atoms with Crippen LogP contribution in [0.25, 0.3) is 0 Å². The van der Waals surface area contributed by atoms with Crippen molar-refractivity contribution >= 4 is 0 Å². The van der Waals surface area contributed by atoms with Crippen LogP contribution in [0, 0.1) is 17.8 Å². The molecule has 0 bridgehead atoms. The Labute approximate surface area is 126 Å². The standard InChI is InChI=1S/C19H34O/c1-4-5-6-7-8-9-10-11-15-18-19(20-18)16-13-12-14-17(2)3/h17-19H,4-9,12-16H2,1-3H3/t18-,19+/m0/s1. The maximum atomic E-state index is 5.68. The van der Waals surface area contributed by atoms with Crippen LogP contribution >= 0.6 is 0 Å². The molecule has 0 radical (unpaired) electrons. The maximum Gasteiger partial charge on any atom is 0.0950 e. The van der Waals surface area contributed by atoms with Gasteiger partial charge in [0.2, 0.25) is 0 Å². The van der Waals surface area contributed by atoms with Crippen LogP contribution in [0.5, 0.6) is 0 Å². The van der Waals surface area contributed by atoms with E-state index in [4.69, 9.17) is 4.74 Å². The molecule has 0 aromatic carbocycles. The number of hydrogen-bond acceptors (Lipinski definition) is 1. The molecule has 1 saturated heterocycles. The van der Waals surface area contributed by atoms with Crippen molar-refractivity contribution in [2.75, 3.05) is 0 Å². The van der Waals surface area contributed by atoms with Gasteiger partial charge in [-0.15, -0.1) is 11.8 Å². The van der Waals surface area contributed by atoms with E-state index >= 15 is 0 Å². The first-order valence-electron chi connectivity index (χ1n) is 8.85. The van der Waals surface area contributed by atoms with Crippen LogP contribution in [0.15, 0.2) is 0 Å². The number of epoxide rings is 1. The lowest BCUT2D eigenvalue weighted by atomic mass is 10.0. The second-order valence-electron chi connectivity index (χ2n) is 6.61. The number of ether oxygens (including phenoxy) is 1. The Morgan fingerprint density at radius 3 is 2.45 bits per heavy atom. The molecule has 0 spiro atoms. The molecule has 116 valence electrons. The van der Waals surface area contributed by atoms with E-state index in [-0.39, 0.29) is 0 Å². The van der Waals surface area contributed by atoms with Gasteiger partial charge in [-0.1, -0.05) is 65.7 Å². The molecule has 1 heteroatoms. The summed E-state index contributed by atoms with van der Waals surface area (Å²) in [6, 6.07) is 0. The van der Waals surface area contributed by atoms with Gasteiger partial charge in [0.25, 0.3) is 0 Å². The molecule has 2 atom stereocenters. The summed E-state index contributed by atoms with van der Waals surface area (Å²) in [5.41, 5.74) is 0. The number of hydrogen-bond donors (Lipinski definition) is 0. The van der Waals surface area contributed by atoms with Gasteiger partial charge in [-0.2, -0.15) is 0 Å². The Morgan fingerprint density at radius 2 is 1.70 bits per heavy atom. The minimum Gasteiger partial charge on any atom is -0.369 e. The van der Waals surface area contributed by atoms with Gasteiger partial charge in [-0.25, -0.2) is 0 Å². The Kier molecular flexibility index (Phi) is 9.85. The predicted molar refractivity (Wildman–Crippen MR) is 87.7 cm³/mol. The molecular weight excluding hydrogens is 244 g/mol. The highest BCUT2D eigenvalue weighted by molar-refractivity contribution is 5.04. The lowest BCUT2D eigenvalue weighted by Gasteiger charge is -2.02. The van der Waals surface area contributed by atoms with E-state index in [1.165, 1.54) is 57.8 Å². The zero-order chi connectivity index (χ0) is 14.6. The van der Waals surface area contributed by atoms with Crippen molar-refractivity contribution in [2.45, 2.75) is 104 Å². The van der Waals surface area contributed by atoms with Crippen LogP contribution in [0.1, 0.15) is 91.4 Å². The van der Waals surface area contributed by atoms with Gasteiger partial charge in [0, 0.05) is 12.8 Å². The first-order chi connectivity index (χ1) is 9.74. The highest BCUT2D eigenvalue weighted by Crippen LogP contribution is 2.29. The van der Waals surface area contributed by atoms with Crippen LogP contribution in [0.3, 0.4) is 0 Å². The largest absolute Gasteiger partial charge is 0.369 e. The summed E-state index contributed by atoms with van der Waals surface area (Å²) in [5.74, 6) is 7.45. The molecule has 0 unspecified atom stereocenters. The second kappa shape index (κ2) is 11.2. The van der Waals surface area contributed by atoms with Crippen molar-refractivity contribution in [3.05, 3.63) is 0 Å². The fourth-order valence-corrected chi connectivity index (χ4v) is 2.59. The van der Waals surface area contributed by atoms with E-state index in [1.54, 1.807) is 0 Å². The molecule has 0 aliphatic carbocycles. The third-order valence-corrected chi connectivity index (χ3v) is 4.04. The average molecular weight is 278 g/mol. The van der Waals surface area contributed by atoms with E-state index in [1.807, 2.05) is 0 Å². The van der Waals surface area contributed by atoms with Gasteiger partial charge in [-0.3, -0.25) is 0 Å². The maximum absolute atomic E-state index is 5.68. The van der Waals surface area contributed by atoms with E-state index in [9.17, 15) is 0 Å². The summed E-state index contributed by atoms with van der Waals surface area (Å²) in [4.78, 5) is 0. The van der Waals surface area contributed by atoms with Crippen LogP contribution in [0.4, 0.5) is 0 Å². The fraction of sp³-hybridized carbons (Fsp3) is 0.895. The van der Waals surface area contributed by atoms with E-state index in [2.05, 4.69) is 32.6 Å². The lowest BCUT2D eigenvalue weighted by Crippen LogP contribution is -1.94. The lowest BCUT2D eigenvalue weighted by molar-refractivity contribution is 0.358. The summed E-state index contributed by atoms with van der Waals surface area (Å²) >= 11 is 0. The number of rotatable bonds is 11. The molecule has 1 nitrogen and oxygen atoms in total. The predicted octanol–water partition coefficient (Wildman–Crippen LogP) is 5.72. The zero-order valence-corrected chi connectivity index (χ0v) is 13.9. The molecule has 0 N–H and O–H groups in total. The van der Waals surface area contributed by atoms with E-state index in [0.717, 1.165) is 18.8 Å². The minimum atomic E-state index is 0.460. The SMILES string of the molecule is CCCCCCCC#CC[C@@H]1O[C@@H]1CCCCC(C)C. The first kappa shape index (κ1) is 17.6. The molecule has 0 amide bonds. The smallest absolute Gasteiger partial charge is 0.0950 e. The van der Waals surface area contributed by atoms with Crippen molar-refractivity contribution < 1.29 is 4.74 Å². The minimum absolute atomic E-state index is 0.460. The molecule has 0 aromatic heterocycles. The van der Waals surface area contributed by atoms with Crippen molar-refractivity contribution in [1.29, 1.82) is 0 Å². The third-order valence-electron chi connectivity index (χ3n) is 4.04. The van der Waals surface area contributed by atoms with Gasteiger partial charge in [-0.05, 0) is 18.8 Å². The second-order valence-corrected chi connectivity index (χ2v) is 6.61. The van der Waals surface area contributed by atoms with E-state index < -0.39 is 0 Å². The van der Waals surface area contributed by atoms with Gasteiger partial charge < -0.3 is 4.74 Å². The molecule has 1 heterocycles. The topological polar surface area (TPSA) is 12.5 Å². The summed E-state index contributed by atoms with van der Waals surface area (Å²) in [7, 11) is 0. The molecule has 0 saturated carbocycles. The van der Waals surface area contributed by atoms with Crippen molar-refractivity contribution in [1.82, 2.24) is 0 Å². The van der Waals surface area contributed by atoms with Crippen molar-refractivity contribution in [3.63, 3.8) is 0 Å². The highest BCUT2D eigenvalue weighted by atomic mass is 16.6. The molecule has 1 fully saturated rings. The summed E-state index contributed by atoms with van der Waals surface area (Å²) in [6.07, 6.45) is 15.0. The summed E-state index contributed by atoms with van der Waals surface area (Å²) in [5, 5.41) is 0. The molecule has 1 aliphatic rings. The Bertz CT molecular complexity index is 284. The van der Waals surface area contributed by atoms with Crippen LogP contribution in [-0.2, 0) is 4.74 Å². The number of unbranched alkanes of at least 4 members (excludes halogenated alkanes) is 6. The highest BCUT2D eigenvalue weighted by Gasteiger charge is 2.36. The van der Waals surface area contributed by atoms with Gasteiger partial charge in [0.1, 0.15) is 0 Å². The fourth-order valence-electron chi connectivity index (χ4n) is 2.59. The molecule has 20 heavy (non-hydrogen) atoms. The van der Waals surface area contributed by atoms with Crippen molar-refractivity contribution in [2.24, 2.45) is 5.92 Å². The quantitative estimate of drug-likeness (QED) is 0.267. The molecule has 1 aliphatic heterocycles. The van der Waals surface area contributed by atoms with E-state index in [0.29, 0.717) is 12.2 Å². The average Bonchev–Trinajstić information content (AvgIpc) is 3.16. The molecule has 0 aromatic rings. The Morgan fingerprint density at radius 1 is 0.900 bits per heavy atom. The molecular formula is C19H34O. The summed E-state index contributed by atoms with van der Waals surface area (Å²) in [6.45, 7) is 6.86. The van der Waals surface area contributed by atoms with Crippen LogP contribution in [0.2, 0.25) is 0 Å². The molecule has 1 rings (SSSR count).